The van der Waals surface area contributed by atoms with Gasteiger partial charge in [0.25, 0.3) is 5.24 Å². The van der Waals surface area contributed by atoms with E-state index in [0.717, 1.165) is 31.0 Å². The highest BCUT2D eigenvalue weighted by Crippen LogP contribution is 2.12. The van der Waals surface area contributed by atoms with E-state index in [1.165, 1.54) is 19.3 Å². The molecule has 0 aromatic heterocycles. The lowest BCUT2D eigenvalue weighted by atomic mass is 10.1. The molecule has 0 aromatic carbocycles. The van der Waals surface area contributed by atoms with Crippen LogP contribution in [-0.2, 0) is 0 Å². The van der Waals surface area contributed by atoms with E-state index in [9.17, 15) is 4.79 Å². The van der Waals surface area contributed by atoms with Gasteiger partial charge in [-0.05, 0) is 6.42 Å². The molecule has 6 heteroatoms. The second-order valence-electron chi connectivity index (χ2n) is 4.10. The minimum atomic E-state index is -0.240. The van der Waals surface area contributed by atoms with E-state index < -0.39 is 0 Å². The van der Waals surface area contributed by atoms with Gasteiger partial charge < -0.3 is 11.1 Å². The summed E-state index contributed by atoms with van der Waals surface area (Å²) < 4.78 is 0. The van der Waals surface area contributed by atoms with Crippen molar-refractivity contribution in [3.63, 3.8) is 0 Å². The lowest BCUT2D eigenvalue weighted by molar-refractivity contribution is 0.264. The zero-order valence-electron chi connectivity index (χ0n) is 10.7. The number of aliphatic imine (C=N–C) groups is 2. The maximum Gasteiger partial charge on any atom is 0.292 e. The number of nitrogens with one attached hydrogen (secondary N) is 1. The van der Waals surface area contributed by atoms with Gasteiger partial charge in [0.1, 0.15) is 11.7 Å². The first-order valence-corrected chi connectivity index (χ1v) is 7.03. The predicted molar refractivity (Wildman–Crippen MR) is 77.7 cm³/mol. The number of amidine groups is 2. The van der Waals surface area contributed by atoms with Crippen LogP contribution in [0.2, 0.25) is 0 Å². The number of carbonyl (C=O) groups is 1. The van der Waals surface area contributed by atoms with Crippen molar-refractivity contribution >= 4 is 28.0 Å². The van der Waals surface area contributed by atoms with Crippen molar-refractivity contribution in [3.05, 3.63) is 12.4 Å². The van der Waals surface area contributed by atoms with Crippen molar-refractivity contribution in [2.45, 2.75) is 45.4 Å². The van der Waals surface area contributed by atoms with Gasteiger partial charge >= 0.3 is 0 Å². The highest BCUT2D eigenvalue weighted by Gasteiger charge is 2.12. The standard InChI is InChI=1S/C12H20N4OS/c1-3-4-5-6-7-8-10-14-9(2)15-11(13)18-12(17)16-10/h2-8H2,1H3,(H2,13,15)(H,14,16,17). The van der Waals surface area contributed by atoms with Crippen LogP contribution in [0.15, 0.2) is 22.4 Å². The normalized spacial score (nSPS) is 16.5. The Kier molecular flexibility index (Phi) is 6.49. The van der Waals surface area contributed by atoms with Crippen molar-refractivity contribution in [2.24, 2.45) is 15.7 Å². The van der Waals surface area contributed by atoms with E-state index in [-0.39, 0.29) is 10.4 Å². The van der Waals surface area contributed by atoms with E-state index in [1.807, 2.05) is 0 Å². The Hall–Kier alpha value is -1.30. The predicted octanol–water partition coefficient (Wildman–Crippen LogP) is 2.99. The molecule has 0 fully saturated rings. The zero-order chi connectivity index (χ0) is 13.4. The van der Waals surface area contributed by atoms with Crippen LogP contribution in [0, 0.1) is 0 Å². The number of rotatable bonds is 6. The summed E-state index contributed by atoms with van der Waals surface area (Å²) in [6.07, 6.45) is 6.59. The number of hydrogen-bond donors (Lipinski definition) is 2. The zero-order valence-corrected chi connectivity index (χ0v) is 11.6. The second-order valence-corrected chi connectivity index (χ2v) is 5.10. The van der Waals surface area contributed by atoms with Gasteiger partial charge in [0.15, 0.2) is 5.17 Å². The quantitative estimate of drug-likeness (QED) is 0.727. The number of amides is 1. The van der Waals surface area contributed by atoms with Crippen LogP contribution in [0.25, 0.3) is 0 Å². The van der Waals surface area contributed by atoms with E-state index in [1.54, 1.807) is 0 Å². The van der Waals surface area contributed by atoms with Crippen LogP contribution in [0.3, 0.4) is 0 Å². The van der Waals surface area contributed by atoms with E-state index in [0.29, 0.717) is 11.7 Å². The van der Waals surface area contributed by atoms with Crippen molar-refractivity contribution in [2.75, 3.05) is 0 Å². The largest absolute Gasteiger partial charge is 0.378 e. The molecule has 0 aromatic rings. The molecular formula is C12H20N4OS. The van der Waals surface area contributed by atoms with E-state index >= 15 is 0 Å². The summed E-state index contributed by atoms with van der Waals surface area (Å²) >= 11 is 0.866. The van der Waals surface area contributed by atoms with Crippen LogP contribution in [0.5, 0.6) is 0 Å². The van der Waals surface area contributed by atoms with Crippen LogP contribution >= 0.6 is 11.8 Å². The van der Waals surface area contributed by atoms with Crippen LogP contribution < -0.4 is 11.1 Å². The molecule has 3 N–H and O–H groups in total. The van der Waals surface area contributed by atoms with Gasteiger partial charge in [0.2, 0.25) is 0 Å². The summed E-state index contributed by atoms with van der Waals surface area (Å²) in [5.41, 5.74) is 5.51. The van der Waals surface area contributed by atoms with Gasteiger partial charge in [-0.25, -0.2) is 9.98 Å². The number of nitrogens with zero attached hydrogens (tertiary/aromatic N) is 2. The van der Waals surface area contributed by atoms with E-state index in [4.69, 9.17) is 5.73 Å². The first-order valence-electron chi connectivity index (χ1n) is 6.21. The Balaban J connectivity index is 2.47. The third-order valence-electron chi connectivity index (χ3n) is 2.46. The average molecular weight is 268 g/mol. The molecule has 0 radical (unpaired) electrons. The van der Waals surface area contributed by atoms with Crippen LogP contribution in [0.4, 0.5) is 4.79 Å². The van der Waals surface area contributed by atoms with Crippen LogP contribution in [-0.4, -0.2) is 16.2 Å². The summed E-state index contributed by atoms with van der Waals surface area (Å²) in [6, 6.07) is 0. The number of thioether (sulfide) groups is 1. The summed E-state index contributed by atoms with van der Waals surface area (Å²) in [6.45, 7) is 5.86. The molecule has 1 rings (SSSR count). The van der Waals surface area contributed by atoms with Gasteiger partial charge in [-0.2, -0.15) is 0 Å². The minimum Gasteiger partial charge on any atom is -0.378 e. The molecule has 0 aliphatic carbocycles. The topological polar surface area (TPSA) is 79.8 Å². The Bertz CT molecular complexity index is 376. The Labute approximate surface area is 112 Å². The molecule has 1 amide bonds. The molecule has 0 saturated heterocycles. The van der Waals surface area contributed by atoms with Crippen molar-refractivity contribution in [3.8, 4) is 0 Å². The number of nitrogens with two attached hydrogens (primary N) is 1. The molecule has 100 valence electrons. The SMILES string of the molecule is C=C1N=C(CCCCCCC)NC(=O)SC(N)=N1. The van der Waals surface area contributed by atoms with Crippen molar-refractivity contribution in [1.29, 1.82) is 0 Å². The van der Waals surface area contributed by atoms with E-state index in [2.05, 4.69) is 28.8 Å². The lowest BCUT2D eigenvalue weighted by Gasteiger charge is -2.11. The molecule has 0 bridgehead atoms. The fourth-order valence-electron chi connectivity index (χ4n) is 1.61. The molecule has 1 heterocycles. The Morgan fingerprint density at radius 3 is 2.72 bits per heavy atom. The molecule has 0 saturated carbocycles. The number of unbranched alkanes of at least 4 members (excludes halogenated alkanes) is 4. The smallest absolute Gasteiger partial charge is 0.292 e. The Morgan fingerprint density at radius 1 is 1.28 bits per heavy atom. The molecule has 18 heavy (non-hydrogen) atoms. The fraction of sp³-hybridized carbons (Fsp3) is 0.583. The average Bonchev–Trinajstić information content (AvgIpc) is 2.26. The highest BCUT2D eigenvalue weighted by molar-refractivity contribution is 8.26. The summed E-state index contributed by atoms with van der Waals surface area (Å²) in [5.74, 6) is 0.966. The maximum absolute atomic E-state index is 11.5. The number of carbonyl (C=O) groups excluding carboxylic acids is 1. The summed E-state index contributed by atoms with van der Waals surface area (Å²) in [4.78, 5) is 19.6. The van der Waals surface area contributed by atoms with Crippen molar-refractivity contribution in [1.82, 2.24) is 5.32 Å². The van der Waals surface area contributed by atoms with Gasteiger partial charge in [-0.15, -0.1) is 0 Å². The van der Waals surface area contributed by atoms with Gasteiger partial charge in [-0.3, -0.25) is 4.79 Å². The molecule has 0 unspecified atom stereocenters. The summed E-state index contributed by atoms with van der Waals surface area (Å²) in [7, 11) is 0. The molecule has 1 aliphatic heterocycles. The fourth-order valence-corrected chi connectivity index (χ4v) is 2.12. The summed E-state index contributed by atoms with van der Waals surface area (Å²) in [5, 5.41) is 2.65. The molecule has 0 spiro atoms. The monoisotopic (exact) mass is 268 g/mol. The second kappa shape index (κ2) is 7.92. The first-order chi connectivity index (χ1) is 8.61. The van der Waals surface area contributed by atoms with Gasteiger partial charge in [0.05, 0.1) is 0 Å². The third-order valence-corrected chi connectivity index (χ3v) is 3.05. The number of hydrogen-bond acceptors (Lipinski definition) is 5. The Morgan fingerprint density at radius 2 is 2.00 bits per heavy atom. The molecule has 5 nitrogen and oxygen atoms in total. The maximum atomic E-state index is 11.5. The first kappa shape index (κ1) is 14.8. The van der Waals surface area contributed by atoms with Crippen molar-refractivity contribution < 1.29 is 4.79 Å². The minimum absolute atomic E-state index is 0.170. The van der Waals surface area contributed by atoms with Gasteiger partial charge in [-0.1, -0.05) is 39.2 Å². The van der Waals surface area contributed by atoms with Crippen LogP contribution in [0.1, 0.15) is 45.4 Å². The highest BCUT2D eigenvalue weighted by atomic mass is 32.2. The lowest BCUT2D eigenvalue weighted by Crippen LogP contribution is -2.30. The van der Waals surface area contributed by atoms with Gasteiger partial charge in [0, 0.05) is 18.2 Å². The molecule has 1 aliphatic rings. The molecular weight excluding hydrogens is 248 g/mol. The third kappa shape index (κ3) is 5.86. The molecule has 0 atom stereocenters.